The summed E-state index contributed by atoms with van der Waals surface area (Å²) in [5.41, 5.74) is 16.2. The van der Waals surface area contributed by atoms with Crippen molar-refractivity contribution in [2.24, 2.45) is 5.73 Å². The maximum absolute atomic E-state index is 8.77. The van der Waals surface area contributed by atoms with Crippen LogP contribution in [0.3, 0.4) is 0 Å². The molecule has 1 atom stereocenters. The molecule has 30 heavy (non-hydrogen) atoms. The maximum Gasteiger partial charge on any atom is 0.145 e. The molecule has 5 N–H and O–H groups in total. The van der Waals surface area contributed by atoms with Crippen LogP contribution < -0.4 is 16.4 Å². The summed E-state index contributed by atoms with van der Waals surface area (Å²) in [5.74, 6) is 3.39. The third-order valence-corrected chi connectivity index (χ3v) is 5.21. The number of piperidine rings is 1. The predicted octanol–water partition coefficient (Wildman–Crippen LogP) is 2.45. The van der Waals surface area contributed by atoms with Gasteiger partial charge in [0.1, 0.15) is 5.82 Å². The Morgan fingerprint density at radius 3 is 2.87 bits per heavy atom. The number of terminal acetylenes is 1. The van der Waals surface area contributed by atoms with Gasteiger partial charge in [0.15, 0.2) is 0 Å². The van der Waals surface area contributed by atoms with Crippen LogP contribution in [0.15, 0.2) is 48.9 Å². The van der Waals surface area contributed by atoms with E-state index in [9.17, 15) is 0 Å². The van der Waals surface area contributed by atoms with Crippen LogP contribution in [0.25, 0.3) is 11.3 Å². The zero-order valence-corrected chi connectivity index (χ0v) is 16.5. The highest BCUT2D eigenvalue weighted by Gasteiger charge is 2.22. The van der Waals surface area contributed by atoms with E-state index in [0.29, 0.717) is 40.6 Å². The molecule has 0 aliphatic carbocycles. The number of hydrogen-bond donors (Lipinski definition) is 3. The van der Waals surface area contributed by atoms with Gasteiger partial charge in [-0.2, -0.15) is 0 Å². The molecule has 150 valence electrons. The standard InChI is InChI=1S/C23H23N7/c1-2-15-7-8-20(29-23(15)30-10-4-6-17(24)14-30)22(26)18-11-21(28-13-19(18)25)16-5-3-9-27-12-16/h1,3,5,7-9,11-13,17,26H,4,6,10,14,24-25H2/t17-/m0/s1. The molecular weight excluding hydrogens is 374 g/mol. The van der Waals surface area contributed by atoms with Crippen molar-refractivity contribution in [3.63, 3.8) is 0 Å². The molecule has 0 spiro atoms. The minimum atomic E-state index is 0.0900. The van der Waals surface area contributed by atoms with E-state index < -0.39 is 0 Å². The van der Waals surface area contributed by atoms with Crippen molar-refractivity contribution in [2.75, 3.05) is 23.7 Å². The van der Waals surface area contributed by atoms with Crippen LogP contribution in [0.5, 0.6) is 0 Å². The first-order valence-corrected chi connectivity index (χ1v) is 9.80. The van der Waals surface area contributed by atoms with E-state index in [-0.39, 0.29) is 11.8 Å². The van der Waals surface area contributed by atoms with Gasteiger partial charge in [-0.3, -0.25) is 15.4 Å². The lowest BCUT2D eigenvalue weighted by molar-refractivity contribution is 0.503. The molecule has 0 radical (unpaired) electrons. The highest BCUT2D eigenvalue weighted by Crippen LogP contribution is 2.25. The Morgan fingerprint density at radius 1 is 1.27 bits per heavy atom. The van der Waals surface area contributed by atoms with Crippen LogP contribution in [-0.4, -0.2) is 39.8 Å². The first kappa shape index (κ1) is 19.6. The van der Waals surface area contributed by atoms with Gasteiger partial charge < -0.3 is 16.4 Å². The van der Waals surface area contributed by atoms with Crippen LogP contribution in [-0.2, 0) is 0 Å². The Bertz CT molecular complexity index is 1120. The Balaban J connectivity index is 1.72. The van der Waals surface area contributed by atoms with Crippen LogP contribution in [0.2, 0.25) is 0 Å². The van der Waals surface area contributed by atoms with Crippen molar-refractivity contribution < 1.29 is 0 Å². The van der Waals surface area contributed by atoms with E-state index >= 15 is 0 Å². The number of pyridine rings is 3. The molecule has 0 amide bonds. The summed E-state index contributed by atoms with van der Waals surface area (Å²) in [4.78, 5) is 15.4. The van der Waals surface area contributed by atoms with Crippen molar-refractivity contribution in [1.82, 2.24) is 15.0 Å². The zero-order valence-electron chi connectivity index (χ0n) is 16.5. The first-order valence-electron chi connectivity index (χ1n) is 9.80. The Kier molecular flexibility index (Phi) is 5.42. The van der Waals surface area contributed by atoms with Gasteiger partial charge >= 0.3 is 0 Å². The number of aromatic nitrogens is 3. The molecule has 3 aromatic rings. The number of rotatable bonds is 4. The lowest BCUT2D eigenvalue weighted by Gasteiger charge is -2.32. The topological polar surface area (TPSA) is 118 Å². The average molecular weight is 397 g/mol. The minimum absolute atomic E-state index is 0.0900. The quantitative estimate of drug-likeness (QED) is 0.460. The molecule has 4 heterocycles. The van der Waals surface area contributed by atoms with E-state index in [1.807, 2.05) is 18.2 Å². The average Bonchev–Trinajstić information content (AvgIpc) is 2.79. The fourth-order valence-electron chi connectivity index (χ4n) is 3.64. The van der Waals surface area contributed by atoms with E-state index in [4.69, 9.17) is 28.3 Å². The molecule has 1 fully saturated rings. The van der Waals surface area contributed by atoms with Gasteiger partial charge in [0.2, 0.25) is 0 Å². The third-order valence-electron chi connectivity index (χ3n) is 5.21. The van der Waals surface area contributed by atoms with Gasteiger partial charge in [-0.25, -0.2) is 4.98 Å². The maximum atomic E-state index is 8.77. The Hall–Kier alpha value is -3.76. The van der Waals surface area contributed by atoms with Crippen LogP contribution >= 0.6 is 0 Å². The molecule has 0 unspecified atom stereocenters. The molecular formula is C23H23N7. The molecule has 3 aromatic heterocycles. The summed E-state index contributed by atoms with van der Waals surface area (Å²) >= 11 is 0. The summed E-state index contributed by atoms with van der Waals surface area (Å²) in [5, 5.41) is 8.77. The van der Waals surface area contributed by atoms with Crippen molar-refractivity contribution in [2.45, 2.75) is 18.9 Å². The van der Waals surface area contributed by atoms with Crippen molar-refractivity contribution >= 4 is 17.2 Å². The largest absolute Gasteiger partial charge is 0.397 e. The Labute approximate surface area is 175 Å². The highest BCUT2D eigenvalue weighted by molar-refractivity contribution is 6.13. The van der Waals surface area contributed by atoms with E-state index in [1.165, 1.54) is 0 Å². The molecule has 7 heteroatoms. The Morgan fingerprint density at radius 2 is 2.13 bits per heavy atom. The lowest BCUT2D eigenvalue weighted by Crippen LogP contribution is -2.43. The molecule has 0 saturated carbocycles. The highest BCUT2D eigenvalue weighted by atomic mass is 15.2. The predicted molar refractivity (Wildman–Crippen MR) is 119 cm³/mol. The van der Waals surface area contributed by atoms with Gasteiger partial charge in [-0.1, -0.05) is 5.92 Å². The first-order chi connectivity index (χ1) is 14.6. The molecule has 0 aromatic carbocycles. The molecule has 0 bridgehead atoms. The summed E-state index contributed by atoms with van der Waals surface area (Å²) in [6.45, 7) is 1.54. The third kappa shape index (κ3) is 3.86. The second kappa shape index (κ2) is 8.31. The summed E-state index contributed by atoms with van der Waals surface area (Å²) < 4.78 is 0. The number of nitrogens with one attached hydrogen (secondary N) is 1. The molecule has 1 aliphatic rings. The summed E-state index contributed by atoms with van der Waals surface area (Å²) in [7, 11) is 0. The van der Waals surface area contributed by atoms with Crippen molar-refractivity contribution in [1.29, 1.82) is 5.41 Å². The fourth-order valence-corrected chi connectivity index (χ4v) is 3.64. The van der Waals surface area contributed by atoms with Gasteiger partial charge in [-0.15, -0.1) is 6.42 Å². The number of nitrogens with zero attached hydrogens (tertiary/aromatic N) is 4. The summed E-state index contributed by atoms with van der Waals surface area (Å²) in [6, 6.07) is 9.22. The zero-order chi connectivity index (χ0) is 21.1. The smallest absolute Gasteiger partial charge is 0.145 e. The van der Waals surface area contributed by atoms with Gasteiger partial charge in [0.05, 0.1) is 34.5 Å². The number of nitrogens with two attached hydrogens (primary N) is 2. The van der Waals surface area contributed by atoms with E-state index in [0.717, 1.165) is 24.9 Å². The van der Waals surface area contributed by atoms with Crippen molar-refractivity contribution in [3.8, 4) is 23.6 Å². The summed E-state index contributed by atoms with van der Waals surface area (Å²) in [6.07, 6.45) is 12.7. The number of anilines is 2. The molecule has 7 nitrogen and oxygen atoms in total. The van der Waals surface area contributed by atoms with Crippen LogP contribution in [0.1, 0.15) is 29.7 Å². The lowest BCUT2D eigenvalue weighted by atomic mass is 10.0. The van der Waals surface area contributed by atoms with Crippen LogP contribution in [0.4, 0.5) is 11.5 Å². The molecule has 4 rings (SSSR count). The monoisotopic (exact) mass is 397 g/mol. The van der Waals surface area contributed by atoms with E-state index in [1.54, 1.807) is 30.7 Å². The minimum Gasteiger partial charge on any atom is -0.397 e. The second-order valence-electron chi connectivity index (χ2n) is 7.33. The fraction of sp³-hybridized carbons (Fsp3) is 0.217. The molecule has 1 aliphatic heterocycles. The van der Waals surface area contributed by atoms with Gasteiger partial charge in [0, 0.05) is 42.7 Å². The number of hydrogen-bond acceptors (Lipinski definition) is 7. The van der Waals surface area contributed by atoms with Gasteiger partial charge in [-0.05, 0) is 43.2 Å². The van der Waals surface area contributed by atoms with Crippen molar-refractivity contribution in [3.05, 3.63) is 65.7 Å². The van der Waals surface area contributed by atoms with Crippen LogP contribution in [0, 0.1) is 17.8 Å². The number of nitrogen functional groups attached to an aromatic ring is 1. The molecule has 1 saturated heterocycles. The van der Waals surface area contributed by atoms with E-state index in [2.05, 4.69) is 20.8 Å². The second-order valence-corrected chi connectivity index (χ2v) is 7.33. The normalized spacial score (nSPS) is 16.1. The SMILES string of the molecule is C#Cc1ccc(C(=N)c2cc(-c3cccnc3)ncc2N)nc1N1CCC[C@H](N)C1. The van der Waals surface area contributed by atoms with Gasteiger partial charge in [0.25, 0.3) is 0 Å².